The van der Waals surface area contributed by atoms with Crippen molar-refractivity contribution in [2.24, 2.45) is 0 Å². The van der Waals surface area contributed by atoms with E-state index >= 15 is 0 Å². The van der Waals surface area contributed by atoms with Crippen molar-refractivity contribution in [1.82, 2.24) is 10.2 Å². The number of nitrogens with one attached hydrogen (secondary N) is 2. The van der Waals surface area contributed by atoms with Crippen molar-refractivity contribution in [3.63, 3.8) is 0 Å². The van der Waals surface area contributed by atoms with Gasteiger partial charge in [-0.05, 0) is 72.3 Å². The Morgan fingerprint density at radius 3 is 1.98 bits per heavy atom. The van der Waals surface area contributed by atoms with Gasteiger partial charge < -0.3 is 15.5 Å². The number of carbonyl (C=O) groups is 4. The molecule has 9 heteroatoms. The van der Waals surface area contributed by atoms with Gasteiger partial charge in [-0.25, -0.2) is 0 Å². The van der Waals surface area contributed by atoms with Crippen molar-refractivity contribution in [3.05, 3.63) is 131 Å². The van der Waals surface area contributed by atoms with E-state index in [4.69, 9.17) is 0 Å². The molecule has 4 amide bonds. The zero-order valence-electron chi connectivity index (χ0n) is 23.0. The third kappa shape index (κ3) is 6.42. The van der Waals surface area contributed by atoms with Gasteiger partial charge in [-0.2, -0.15) is 0 Å². The molecule has 8 nitrogen and oxygen atoms in total. The van der Waals surface area contributed by atoms with Crippen LogP contribution in [0.3, 0.4) is 0 Å². The van der Waals surface area contributed by atoms with Crippen LogP contribution in [0.2, 0.25) is 0 Å². The highest BCUT2D eigenvalue weighted by Crippen LogP contribution is 2.28. The molecule has 0 fully saturated rings. The van der Waals surface area contributed by atoms with Crippen molar-refractivity contribution >= 4 is 52.8 Å². The minimum Gasteiger partial charge on any atom is -0.378 e. The summed E-state index contributed by atoms with van der Waals surface area (Å²) in [5.41, 5.74) is 3.62. The van der Waals surface area contributed by atoms with E-state index in [1.54, 1.807) is 78.9 Å². The second-order valence-corrected chi connectivity index (χ2v) is 10.7. The van der Waals surface area contributed by atoms with Gasteiger partial charge in [0, 0.05) is 35.9 Å². The van der Waals surface area contributed by atoms with Crippen LogP contribution in [0.4, 0.5) is 11.4 Å². The predicted octanol–water partition coefficient (Wildman–Crippen LogP) is 5.51. The summed E-state index contributed by atoms with van der Waals surface area (Å²) in [5.74, 6) is -1.33. The highest BCUT2D eigenvalue weighted by Gasteiger charge is 2.34. The summed E-state index contributed by atoms with van der Waals surface area (Å²) in [7, 11) is 3.89. The first-order chi connectivity index (χ1) is 20.3. The lowest BCUT2D eigenvalue weighted by atomic mass is 10.1. The largest absolute Gasteiger partial charge is 0.378 e. The Labute approximate surface area is 248 Å². The number of fused-ring (bicyclic) bond motifs is 1. The monoisotopic (exact) mass is 576 g/mol. The van der Waals surface area contributed by atoms with Crippen LogP contribution in [0, 0.1) is 0 Å². The van der Waals surface area contributed by atoms with Crippen molar-refractivity contribution in [2.45, 2.75) is 4.90 Å². The summed E-state index contributed by atoms with van der Waals surface area (Å²) < 4.78 is 0. The van der Waals surface area contributed by atoms with Crippen molar-refractivity contribution < 1.29 is 19.2 Å². The second-order valence-electron chi connectivity index (χ2n) is 9.70. The summed E-state index contributed by atoms with van der Waals surface area (Å²) in [4.78, 5) is 55.5. The lowest BCUT2D eigenvalue weighted by molar-refractivity contribution is -0.113. The van der Waals surface area contributed by atoms with Gasteiger partial charge >= 0.3 is 0 Å². The maximum atomic E-state index is 13.3. The zero-order chi connectivity index (χ0) is 29.6. The molecule has 0 atom stereocenters. The number of imide groups is 1. The van der Waals surface area contributed by atoms with E-state index in [1.165, 1.54) is 16.7 Å². The molecular weight excluding hydrogens is 548 g/mol. The van der Waals surface area contributed by atoms with E-state index in [0.717, 1.165) is 16.1 Å². The first-order valence-corrected chi connectivity index (χ1v) is 14.1. The van der Waals surface area contributed by atoms with Gasteiger partial charge in [-0.1, -0.05) is 42.5 Å². The number of amides is 4. The van der Waals surface area contributed by atoms with Gasteiger partial charge in [-0.15, -0.1) is 11.8 Å². The van der Waals surface area contributed by atoms with Crippen LogP contribution in [0.1, 0.15) is 36.6 Å². The van der Waals surface area contributed by atoms with Crippen LogP contribution in [0.15, 0.2) is 114 Å². The number of rotatable bonds is 9. The van der Waals surface area contributed by atoms with Gasteiger partial charge in [0.1, 0.15) is 5.70 Å². The fourth-order valence-electron chi connectivity index (χ4n) is 4.31. The number of nitrogens with zero attached hydrogens (tertiary/aromatic N) is 2. The normalized spacial score (nSPS) is 12.6. The molecule has 1 aliphatic rings. The zero-order valence-corrected chi connectivity index (χ0v) is 23.9. The molecule has 0 aliphatic carbocycles. The summed E-state index contributed by atoms with van der Waals surface area (Å²) in [5, 5.41) is 5.59. The Balaban J connectivity index is 1.27. The number of hydrogen-bond donors (Lipinski definition) is 2. The first-order valence-electron chi connectivity index (χ1n) is 13.1. The molecule has 5 rings (SSSR count). The Kier molecular flexibility index (Phi) is 8.50. The molecule has 0 spiro atoms. The van der Waals surface area contributed by atoms with Gasteiger partial charge in [-0.3, -0.25) is 24.1 Å². The average Bonchev–Trinajstić information content (AvgIpc) is 3.25. The minimum absolute atomic E-state index is 0.0885. The minimum atomic E-state index is -0.484. The number of benzene rings is 4. The summed E-state index contributed by atoms with van der Waals surface area (Å²) in [6.45, 7) is 0. The fourth-order valence-corrected chi connectivity index (χ4v) is 5.15. The third-order valence-electron chi connectivity index (χ3n) is 6.60. The molecule has 2 N–H and O–H groups in total. The summed E-state index contributed by atoms with van der Waals surface area (Å²) in [6.07, 6.45) is 1.63. The molecule has 0 saturated carbocycles. The molecule has 1 heterocycles. The lowest BCUT2D eigenvalue weighted by Gasteiger charge is -2.14. The number of thioether (sulfide) groups is 1. The summed E-state index contributed by atoms with van der Waals surface area (Å²) >= 11 is 1.34. The van der Waals surface area contributed by atoms with Gasteiger partial charge in [0.05, 0.1) is 17.0 Å². The molecule has 210 valence electrons. The van der Waals surface area contributed by atoms with Crippen molar-refractivity contribution in [3.8, 4) is 0 Å². The highest BCUT2D eigenvalue weighted by molar-refractivity contribution is 7.99. The van der Waals surface area contributed by atoms with Crippen LogP contribution in [0.5, 0.6) is 0 Å². The Bertz CT molecular complexity index is 1630. The molecule has 4 aromatic rings. The SMILES string of the molecule is CN(C)c1ccc(/C=C(\NC(=O)c2ccccc2)C(=O)Nc2ccc(SCN3C(=O)c4ccccc4C3=O)cc2)cc1. The van der Waals surface area contributed by atoms with Crippen LogP contribution < -0.4 is 15.5 Å². The van der Waals surface area contributed by atoms with Gasteiger partial charge in [0.15, 0.2) is 0 Å². The van der Waals surface area contributed by atoms with E-state index < -0.39 is 11.8 Å². The predicted molar refractivity (Wildman–Crippen MR) is 165 cm³/mol. The molecule has 0 saturated heterocycles. The highest BCUT2D eigenvalue weighted by atomic mass is 32.2. The van der Waals surface area contributed by atoms with E-state index in [-0.39, 0.29) is 23.4 Å². The average molecular weight is 577 g/mol. The molecule has 42 heavy (non-hydrogen) atoms. The number of carbonyl (C=O) groups excluding carboxylic acids is 4. The number of hydrogen-bond acceptors (Lipinski definition) is 6. The van der Waals surface area contributed by atoms with E-state index in [9.17, 15) is 19.2 Å². The summed E-state index contributed by atoms with van der Waals surface area (Å²) in [6, 6.07) is 30.1. The fraction of sp³-hybridized carbons (Fsp3) is 0.0909. The molecule has 0 aromatic heterocycles. The smallest absolute Gasteiger partial charge is 0.272 e. The Hall–Kier alpha value is -5.15. The van der Waals surface area contributed by atoms with Crippen LogP contribution in [-0.2, 0) is 4.79 Å². The third-order valence-corrected chi connectivity index (χ3v) is 7.59. The number of anilines is 2. The van der Waals surface area contributed by atoms with E-state index in [1.807, 2.05) is 49.3 Å². The molecular formula is C33H28N4O4S. The molecule has 0 bridgehead atoms. The Morgan fingerprint density at radius 1 is 0.786 bits per heavy atom. The van der Waals surface area contributed by atoms with E-state index in [0.29, 0.717) is 22.4 Å². The van der Waals surface area contributed by atoms with E-state index in [2.05, 4.69) is 10.6 Å². The van der Waals surface area contributed by atoms with Crippen molar-refractivity contribution in [1.29, 1.82) is 0 Å². The maximum absolute atomic E-state index is 13.3. The van der Waals surface area contributed by atoms with Crippen molar-refractivity contribution in [2.75, 3.05) is 30.2 Å². The molecule has 0 unspecified atom stereocenters. The second kappa shape index (κ2) is 12.6. The molecule has 4 aromatic carbocycles. The molecule has 1 aliphatic heterocycles. The standard InChI is InChI=1S/C33H28N4O4S/c1-36(2)25-16-12-22(13-17-25)20-29(35-30(38)23-8-4-3-5-9-23)31(39)34-24-14-18-26(19-15-24)42-21-37-32(40)27-10-6-7-11-28(27)33(37)41/h3-20H,21H2,1-2H3,(H,34,39)(H,35,38)/b29-20-. The van der Waals surface area contributed by atoms with Crippen LogP contribution >= 0.6 is 11.8 Å². The lowest BCUT2D eigenvalue weighted by Crippen LogP contribution is -2.30. The topological polar surface area (TPSA) is 98.8 Å². The van der Waals surface area contributed by atoms with Crippen LogP contribution in [0.25, 0.3) is 6.08 Å². The van der Waals surface area contributed by atoms with Gasteiger partial charge in [0.25, 0.3) is 23.6 Å². The maximum Gasteiger partial charge on any atom is 0.272 e. The Morgan fingerprint density at radius 2 is 1.38 bits per heavy atom. The quantitative estimate of drug-likeness (QED) is 0.155. The molecule has 0 radical (unpaired) electrons. The first kappa shape index (κ1) is 28.4. The van der Waals surface area contributed by atoms with Gasteiger partial charge in [0.2, 0.25) is 0 Å². The van der Waals surface area contributed by atoms with Crippen LogP contribution in [-0.4, -0.2) is 48.5 Å².